The lowest BCUT2D eigenvalue weighted by Gasteiger charge is -2.57. The molecule has 12 aliphatic rings. The molecule has 12 aliphatic carbocycles. The lowest BCUT2D eigenvalue weighted by molar-refractivity contribution is -0.127. The molecule has 46 heavy (non-hydrogen) atoms. The molecule has 0 unspecified atom stereocenters. The van der Waals surface area contributed by atoms with Crippen molar-refractivity contribution < 1.29 is 14.4 Å². The van der Waals surface area contributed by atoms with Gasteiger partial charge in [0.15, 0.2) is 0 Å². The average Bonchev–Trinajstić information content (AvgIpc) is 2.94. The van der Waals surface area contributed by atoms with Gasteiger partial charge in [0.2, 0.25) is 17.7 Å². The molecule has 0 aromatic heterocycles. The summed E-state index contributed by atoms with van der Waals surface area (Å²) in [5.74, 6) is 7.78. The van der Waals surface area contributed by atoms with E-state index in [0.717, 1.165) is 53.3 Å². The predicted octanol–water partition coefficient (Wildman–Crippen LogP) is 5.71. The Morgan fingerprint density at radius 3 is 0.783 bits per heavy atom. The topological polar surface area (TPSA) is 90.5 Å². The van der Waals surface area contributed by atoms with Gasteiger partial charge in [-0.15, -0.1) is 0 Å². The summed E-state index contributed by atoms with van der Waals surface area (Å²) in [5.41, 5.74) is 0.102. The summed E-state index contributed by atoms with van der Waals surface area (Å²) in [6, 6.07) is 0. The smallest absolute Gasteiger partial charge is 0.221 e. The highest BCUT2D eigenvalue weighted by molar-refractivity contribution is 5.78. The minimum Gasteiger partial charge on any atom is -0.351 e. The van der Waals surface area contributed by atoms with E-state index < -0.39 is 0 Å². The first-order valence-electron chi connectivity index (χ1n) is 19.8. The van der Waals surface area contributed by atoms with Crippen LogP contribution in [0.1, 0.15) is 135 Å². The number of carbonyl (C=O) groups is 3. The molecule has 7 heteroatoms. The van der Waals surface area contributed by atoms with Crippen LogP contribution in [0.3, 0.4) is 0 Å². The molecule has 0 atom stereocenters. The molecule has 0 saturated heterocycles. The monoisotopic (exact) mass is 632 g/mol. The summed E-state index contributed by atoms with van der Waals surface area (Å²) in [4.78, 5) is 42.6. The maximum atomic E-state index is 13.4. The second kappa shape index (κ2) is 11.5. The molecule has 0 aliphatic heterocycles. The van der Waals surface area contributed by atoms with Crippen molar-refractivity contribution in [2.45, 2.75) is 151 Å². The highest BCUT2D eigenvalue weighted by Crippen LogP contribution is 2.57. The molecular formula is C39H60N4O3. The third kappa shape index (κ3) is 6.06. The number of nitrogens with zero attached hydrogens (tertiary/aromatic N) is 1. The molecule has 12 bridgehead atoms. The van der Waals surface area contributed by atoms with E-state index in [-0.39, 0.29) is 34.3 Å². The number of nitrogens with one attached hydrogen (secondary N) is 3. The zero-order chi connectivity index (χ0) is 31.1. The van der Waals surface area contributed by atoms with Crippen molar-refractivity contribution in [3.63, 3.8) is 0 Å². The summed E-state index contributed by atoms with van der Waals surface area (Å²) < 4.78 is 0. The van der Waals surface area contributed by atoms with Crippen LogP contribution in [0.5, 0.6) is 0 Å². The van der Waals surface area contributed by atoms with E-state index in [1.54, 1.807) is 0 Å². The van der Waals surface area contributed by atoms with Gasteiger partial charge in [-0.2, -0.15) is 0 Å². The minimum atomic E-state index is 0.0339. The standard InChI is InChI=1S/C39H60N4O3/c44-34(40-37-16-25-7-26(17-37)9-27(8-25)18-37)1-4-43(5-2-35(45)41-38-19-28-10-29(20-38)12-30(11-28)21-38)6-3-36(46)42-39-22-31-13-32(23-39)15-33(14-31)24-39/h25-33H,1-24H2,(H,40,44)(H,41,45)(H,42,46). The molecule has 0 spiro atoms. The SMILES string of the molecule is O=C(CCN(CCC(=O)NC12CC3CC(CC(C3)C1)C2)CCC(=O)NC12CC3CC(CC(C3)C1)C2)NC12CC3CC(CC(C3)C1)C2. The van der Waals surface area contributed by atoms with Gasteiger partial charge in [0.1, 0.15) is 0 Å². The fourth-order valence-corrected chi connectivity index (χ4v) is 15.0. The van der Waals surface area contributed by atoms with Crippen molar-refractivity contribution in [2.24, 2.45) is 53.3 Å². The number of hydrogen-bond donors (Lipinski definition) is 3. The van der Waals surface area contributed by atoms with Crippen molar-refractivity contribution in [1.29, 1.82) is 0 Å². The Hall–Kier alpha value is -1.63. The molecule has 12 fully saturated rings. The molecule has 12 rings (SSSR count). The van der Waals surface area contributed by atoms with Crippen molar-refractivity contribution in [2.75, 3.05) is 19.6 Å². The molecule has 3 N–H and O–H groups in total. The Morgan fingerprint density at radius 2 is 0.587 bits per heavy atom. The lowest BCUT2D eigenvalue weighted by Crippen LogP contribution is -2.60. The Labute approximate surface area is 276 Å². The van der Waals surface area contributed by atoms with Crippen LogP contribution < -0.4 is 16.0 Å². The zero-order valence-corrected chi connectivity index (χ0v) is 28.3. The number of hydrogen-bond acceptors (Lipinski definition) is 4. The number of carbonyl (C=O) groups excluding carboxylic acids is 3. The van der Waals surface area contributed by atoms with Crippen molar-refractivity contribution in [3.8, 4) is 0 Å². The van der Waals surface area contributed by atoms with Gasteiger partial charge < -0.3 is 20.9 Å². The number of amides is 3. The second-order valence-electron chi connectivity index (χ2n) is 19.3. The Bertz CT molecular complexity index is 974. The van der Waals surface area contributed by atoms with Crippen molar-refractivity contribution in [3.05, 3.63) is 0 Å². The molecule has 0 heterocycles. The van der Waals surface area contributed by atoms with Gasteiger partial charge in [-0.25, -0.2) is 0 Å². The summed E-state index contributed by atoms with van der Waals surface area (Å²) in [6.07, 6.45) is 24.3. The summed E-state index contributed by atoms with van der Waals surface area (Å²) in [5, 5.41) is 10.7. The van der Waals surface area contributed by atoms with Crippen LogP contribution in [0.15, 0.2) is 0 Å². The zero-order valence-electron chi connectivity index (χ0n) is 28.3. The molecule has 7 nitrogen and oxygen atoms in total. The van der Waals surface area contributed by atoms with E-state index in [1.165, 1.54) is 116 Å². The second-order valence-corrected chi connectivity index (χ2v) is 19.3. The molecular weight excluding hydrogens is 572 g/mol. The third-order valence-corrected chi connectivity index (χ3v) is 15.3. The Balaban J connectivity index is 0.808. The maximum Gasteiger partial charge on any atom is 0.221 e. The molecule has 0 aromatic rings. The average molecular weight is 633 g/mol. The molecule has 12 saturated carbocycles. The van der Waals surface area contributed by atoms with Gasteiger partial charge in [-0.3, -0.25) is 14.4 Å². The van der Waals surface area contributed by atoms with Crippen LogP contribution in [0.25, 0.3) is 0 Å². The van der Waals surface area contributed by atoms with Gasteiger partial charge in [-0.1, -0.05) is 0 Å². The maximum absolute atomic E-state index is 13.4. The fourth-order valence-electron chi connectivity index (χ4n) is 15.0. The molecule has 0 aromatic carbocycles. The fraction of sp³-hybridized carbons (Fsp3) is 0.923. The van der Waals surface area contributed by atoms with Crippen LogP contribution in [-0.2, 0) is 14.4 Å². The summed E-state index contributed by atoms with van der Waals surface area (Å²) in [7, 11) is 0. The summed E-state index contributed by atoms with van der Waals surface area (Å²) in [6.45, 7) is 1.86. The summed E-state index contributed by atoms with van der Waals surface area (Å²) >= 11 is 0. The van der Waals surface area contributed by atoms with E-state index in [9.17, 15) is 14.4 Å². The van der Waals surface area contributed by atoms with Crippen LogP contribution >= 0.6 is 0 Å². The number of rotatable bonds is 12. The first kappa shape index (κ1) is 30.4. The van der Waals surface area contributed by atoms with Crippen LogP contribution in [0, 0.1) is 53.3 Å². The van der Waals surface area contributed by atoms with Crippen LogP contribution in [-0.4, -0.2) is 58.9 Å². The largest absolute Gasteiger partial charge is 0.351 e. The highest BCUT2D eigenvalue weighted by Gasteiger charge is 2.53. The lowest BCUT2D eigenvalue weighted by atomic mass is 9.53. The molecule has 254 valence electrons. The van der Waals surface area contributed by atoms with Gasteiger partial charge >= 0.3 is 0 Å². The van der Waals surface area contributed by atoms with Gasteiger partial charge in [-0.05, 0) is 169 Å². The first-order valence-corrected chi connectivity index (χ1v) is 19.8. The molecule has 0 radical (unpaired) electrons. The van der Waals surface area contributed by atoms with E-state index in [2.05, 4.69) is 20.9 Å². The van der Waals surface area contributed by atoms with Crippen molar-refractivity contribution >= 4 is 17.7 Å². The third-order valence-electron chi connectivity index (χ3n) is 15.3. The highest BCUT2D eigenvalue weighted by atomic mass is 16.2. The van der Waals surface area contributed by atoms with E-state index in [4.69, 9.17) is 0 Å². The molecule has 3 amide bonds. The van der Waals surface area contributed by atoms with Crippen LogP contribution in [0.4, 0.5) is 0 Å². The Morgan fingerprint density at radius 1 is 0.391 bits per heavy atom. The first-order chi connectivity index (χ1) is 22.2. The van der Waals surface area contributed by atoms with Crippen LogP contribution in [0.2, 0.25) is 0 Å². The predicted molar refractivity (Wildman–Crippen MR) is 177 cm³/mol. The van der Waals surface area contributed by atoms with E-state index in [0.29, 0.717) is 38.9 Å². The van der Waals surface area contributed by atoms with Gasteiger partial charge in [0.25, 0.3) is 0 Å². The minimum absolute atomic E-state index is 0.0339. The van der Waals surface area contributed by atoms with E-state index in [1.807, 2.05) is 0 Å². The van der Waals surface area contributed by atoms with Gasteiger partial charge in [0.05, 0.1) is 0 Å². The van der Waals surface area contributed by atoms with Gasteiger partial charge in [0, 0.05) is 55.5 Å². The quantitative estimate of drug-likeness (QED) is 0.257. The normalized spacial score (nSPS) is 47.0. The van der Waals surface area contributed by atoms with Crippen molar-refractivity contribution in [1.82, 2.24) is 20.9 Å². The Kier molecular flexibility index (Phi) is 7.59. The van der Waals surface area contributed by atoms with E-state index >= 15 is 0 Å².